The number of urea groups is 1. The third-order valence-corrected chi connectivity index (χ3v) is 5.84. The number of fused-ring (bicyclic) bond motifs is 1. The maximum absolute atomic E-state index is 12.8. The fraction of sp³-hybridized carbons (Fsp3) is 0.167. The standard InChI is InChI=1S/C24H22Cl2N4O2/c1-32-16-11-9-15(10-12-16)13-22(23-28-20-7-2-3-8-21(20)29-23)30-24(31)27-14-17-18(25)5-4-6-19(17)26/h2-12,22H,13-14H2,1H3,(H,28,29)(H2,27,30,31)/t22-/m1/s1. The molecule has 0 aliphatic rings. The highest BCUT2D eigenvalue weighted by Gasteiger charge is 2.19. The van der Waals surface area contributed by atoms with Gasteiger partial charge in [-0.15, -0.1) is 0 Å². The summed E-state index contributed by atoms with van der Waals surface area (Å²) in [7, 11) is 1.63. The summed E-state index contributed by atoms with van der Waals surface area (Å²) >= 11 is 12.4. The first-order valence-electron chi connectivity index (χ1n) is 10.1. The molecule has 8 heteroatoms. The lowest BCUT2D eigenvalue weighted by atomic mass is 10.1. The number of hydrogen-bond acceptors (Lipinski definition) is 3. The van der Waals surface area contributed by atoms with Crippen LogP contribution < -0.4 is 15.4 Å². The van der Waals surface area contributed by atoms with Gasteiger partial charge in [0.05, 0.1) is 24.2 Å². The number of hydrogen-bond donors (Lipinski definition) is 3. The summed E-state index contributed by atoms with van der Waals surface area (Å²) in [6.45, 7) is 0.208. The summed E-state index contributed by atoms with van der Waals surface area (Å²) in [5.41, 5.74) is 3.45. The number of amides is 2. The Hall–Kier alpha value is -3.22. The molecule has 1 heterocycles. The number of imidazole rings is 1. The Labute approximate surface area is 195 Å². The molecule has 32 heavy (non-hydrogen) atoms. The molecule has 1 atom stereocenters. The summed E-state index contributed by atoms with van der Waals surface area (Å²) < 4.78 is 5.24. The van der Waals surface area contributed by atoms with E-state index in [1.54, 1.807) is 25.3 Å². The maximum Gasteiger partial charge on any atom is 0.315 e. The maximum atomic E-state index is 12.8. The number of ether oxygens (including phenoxy) is 1. The van der Waals surface area contributed by atoms with Crippen LogP contribution in [0.25, 0.3) is 11.0 Å². The van der Waals surface area contributed by atoms with Gasteiger partial charge in [-0.3, -0.25) is 0 Å². The number of H-pyrrole nitrogens is 1. The Kier molecular flexibility index (Phi) is 6.83. The van der Waals surface area contributed by atoms with Crippen LogP contribution in [0.1, 0.15) is 23.0 Å². The highest BCUT2D eigenvalue weighted by Crippen LogP contribution is 2.24. The first-order chi connectivity index (χ1) is 15.5. The molecule has 3 N–H and O–H groups in total. The van der Waals surface area contributed by atoms with Crippen LogP contribution in [0.4, 0.5) is 4.79 Å². The van der Waals surface area contributed by atoms with Crippen LogP contribution in [-0.2, 0) is 13.0 Å². The predicted molar refractivity (Wildman–Crippen MR) is 127 cm³/mol. The zero-order valence-electron chi connectivity index (χ0n) is 17.4. The van der Waals surface area contributed by atoms with Gasteiger partial charge in [0.15, 0.2) is 0 Å². The molecule has 4 rings (SSSR count). The number of benzene rings is 3. The number of aromatic nitrogens is 2. The molecule has 0 bridgehead atoms. The van der Waals surface area contributed by atoms with Gasteiger partial charge in [0.2, 0.25) is 0 Å². The molecule has 0 saturated carbocycles. The van der Waals surface area contributed by atoms with Crippen molar-refractivity contribution in [3.63, 3.8) is 0 Å². The lowest BCUT2D eigenvalue weighted by Crippen LogP contribution is -2.38. The van der Waals surface area contributed by atoms with Crippen LogP contribution in [0.3, 0.4) is 0 Å². The van der Waals surface area contributed by atoms with Crippen LogP contribution >= 0.6 is 23.2 Å². The Balaban J connectivity index is 1.53. The molecule has 164 valence electrons. The SMILES string of the molecule is COc1ccc(C[C@@H](NC(=O)NCc2c(Cl)cccc2Cl)c2nc3ccccc3[nH]2)cc1. The molecular formula is C24H22Cl2N4O2. The zero-order chi connectivity index (χ0) is 22.5. The number of para-hydroxylation sites is 2. The predicted octanol–water partition coefficient (Wildman–Crippen LogP) is 5.66. The molecule has 0 fully saturated rings. The first kappa shape index (κ1) is 22.0. The molecule has 0 aliphatic carbocycles. The second-order valence-electron chi connectivity index (χ2n) is 7.27. The lowest BCUT2D eigenvalue weighted by molar-refractivity contribution is 0.236. The summed E-state index contributed by atoms with van der Waals surface area (Å²) in [6.07, 6.45) is 0.546. The molecule has 1 aromatic heterocycles. The molecule has 0 radical (unpaired) electrons. The normalized spacial score (nSPS) is 11.8. The van der Waals surface area contributed by atoms with E-state index in [4.69, 9.17) is 27.9 Å². The Bertz CT molecular complexity index is 1170. The minimum absolute atomic E-state index is 0.208. The van der Waals surface area contributed by atoms with Crippen molar-refractivity contribution in [1.29, 1.82) is 0 Å². The van der Waals surface area contributed by atoms with Gasteiger partial charge < -0.3 is 20.4 Å². The van der Waals surface area contributed by atoms with Crippen molar-refractivity contribution in [2.45, 2.75) is 19.0 Å². The summed E-state index contributed by atoms with van der Waals surface area (Å²) in [5, 5.41) is 6.87. The van der Waals surface area contributed by atoms with Crippen LogP contribution in [-0.4, -0.2) is 23.1 Å². The van der Waals surface area contributed by atoms with Gasteiger partial charge in [-0.2, -0.15) is 0 Å². The van der Waals surface area contributed by atoms with E-state index >= 15 is 0 Å². The summed E-state index contributed by atoms with van der Waals surface area (Å²) in [5.74, 6) is 1.45. The highest BCUT2D eigenvalue weighted by atomic mass is 35.5. The quantitative estimate of drug-likeness (QED) is 0.327. The molecule has 0 saturated heterocycles. The fourth-order valence-electron chi connectivity index (χ4n) is 3.43. The number of carbonyl (C=O) groups is 1. The van der Waals surface area contributed by atoms with E-state index in [0.29, 0.717) is 27.9 Å². The van der Waals surface area contributed by atoms with Crippen LogP contribution in [0.5, 0.6) is 5.75 Å². The summed E-state index contributed by atoms with van der Waals surface area (Å²) in [6, 6.07) is 20.0. The minimum Gasteiger partial charge on any atom is -0.497 e. The average molecular weight is 469 g/mol. The summed E-state index contributed by atoms with van der Waals surface area (Å²) in [4.78, 5) is 20.8. The van der Waals surface area contributed by atoms with Crippen molar-refractivity contribution in [3.8, 4) is 5.75 Å². The average Bonchev–Trinajstić information content (AvgIpc) is 3.23. The van der Waals surface area contributed by atoms with Gasteiger partial charge >= 0.3 is 6.03 Å². The van der Waals surface area contributed by atoms with Crippen LogP contribution in [0.15, 0.2) is 66.7 Å². The molecule has 3 aromatic carbocycles. The van der Waals surface area contributed by atoms with Crippen molar-refractivity contribution in [2.75, 3.05) is 7.11 Å². The van der Waals surface area contributed by atoms with Crippen molar-refractivity contribution in [1.82, 2.24) is 20.6 Å². The van der Waals surface area contributed by atoms with Crippen molar-refractivity contribution < 1.29 is 9.53 Å². The Morgan fingerprint density at radius 2 is 1.75 bits per heavy atom. The molecule has 0 unspecified atom stereocenters. The molecule has 6 nitrogen and oxygen atoms in total. The Morgan fingerprint density at radius 1 is 1.03 bits per heavy atom. The molecular weight excluding hydrogens is 447 g/mol. The van der Waals surface area contributed by atoms with Gasteiger partial charge in [0.25, 0.3) is 0 Å². The van der Waals surface area contributed by atoms with E-state index in [1.807, 2.05) is 48.5 Å². The van der Waals surface area contributed by atoms with E-state index in [1.165, 1.54) is 0 Å². The smallest absolute Gasteiger partial charge is 0.315 e. The number of carbonyl (C=O) groups excluding carboxylic acids is 1. The number of nitrogens with one attached hydrogen (secondary N) is 3. The van der Waals surface area contributed by atoms with Crippen molar-refractivity contribution in [3.05, 3.63) is 93.7 Å². The number of halogens is 2. The third-order valence-electron chi connectivity index (χ3n) is 5.13. The monoisotopic (exact) mass is 468 g/mol. The highest BCUT2D eigenvalue weighted by molar-refractivity contribution is 6.36. The van der Waals surface area contributed by atoms with Crippen LogP contribution in [0, 0.1) is 0 Å². The van der Waals surface area contributed by atoms with Gasteiger partial charge in [-0.05, 0) is 48.4 Å². The largest absolute Gasteiger partial charge is 0.497 e. The van der Waals surface area contributed by atoms with Crippen molar-refractivity contribution >= 4 is 40.3 Å². The van der Waals surface area contributed by atoms with E-state index in [0.717, 1.165) is 22.3 Å². The first-order valence-corrected chi connectivity index (χ1v) is 10.8. The molecule has 2 amide bonds. The van der Waals surface area contributed by atoms with E-state index in [9.17, 15) is 4.79 Å². The van der Waals surface area contributed by atoms with E-state index in [-0.39, 0.29) is 18.6 Å². The van der Waals surface area contributed by atoms with E-state index in [2.05, 4.69) is 20.6 Å². The lowest BCUT2D eigenvalue weighted by Gasteiger charge is -2.18. The van der Waals surface area contributed by atoms with Gasteiger partial charge in [0.1, 0.15) is 11.6 Å². The van der Waals surface area contributed by atoms with Crippen molar-refractivity contribution in [2.24, 2.45) is 0 Å². The van der Waals surface area contributed by atoms with Gasteiger partial charge in [0, 0.05) is 22.2 Å². The van der Waals surface area contributed by atoms with Gasteiger partial charge in [-0.1, -0.05) is 53.5 Å². The van der Waals surface area contributed by atoms with E-state index < -0.39 is 0 Å². The van der Waals surface area contributed by atoms with Crippen LogP contribution in [0.2, 0.25) is 10.0 Å². The zero-order valence-corrected chi connectivity index (χ0v) is 18.9. The second-order valence-corrected chi connectivity index (χ2v) is 8.09. The molecule has 0 aliphatic heterocycles. The third kappa shape index (κ3) is 5.15. The number of methoxy groups -OCH3 is 1. The Morgan fingerprint density at radius 3 is 2.44 bits per heavy atom. The number of rotatable bonds is 7. The fourth-order valence-corrected chi connectivity index (χ4v) is 3.96. The number of nitrogens with zero attached hydrogens (tertiary/aromatic N) is 1. The minimum atomic E-state index is -0.377. The number of aromatic amines is 1. The van der Waals surface area contributed by atoms with Gasteiger partial charge in [-0.25, -0.2) is 9.78 Å². The molecule has 4 aromatic rings. The topological polar surface area (TPSA) is 79.0 Å². The molecule has 0 spiro atoms. The second kappa shape index (κ2) is 9.94.